The molecule has 0 unspecified atom stereocenters. The average molecular weight is 260 g/mol. The Balaban J connectivity index is 1.61. The van der Waals surface area contributed by atoms with Crippen molar-refractivity contribution in [2.24, 2.45) is 5.92 Å². The van der Waals surface area contributed by atoms with Crippen LogP contribution < -0.4 is 5.32 Å². The second kappa shape index (κ2) is 7.29. The Hall–Kier alpha value is -1.35. The molecule has 0 bridgehead atoms. The zero-order valence-corrected chi connectivity index (χ0v) is 11.8. The summed E-state index contributed by atoms with van der Waals surface area (Å²) in [5.74, 6) is 0.481. The number of benzene rings is 1. The minimum atomic E-state index is 0.230. The lowest BCUT2D eigenvalue weighted by molar-refractivity contribution is -0.126. The van der Waals surface area contributed by atoms with Crippen molar-refractivity contribution in [3.8, 4) is 0 Å². The van der Waals surface area contributed by atoms with Gasteiger partial charge in [-0.05, 0) is 51.4 Å². The molecule has 1 fully saturated rings. The van der Waals surface area contributed by atoms with E-state index >= 15 is 0 Å². The predicted molar refractivity (Wildman–Crippen MR) is 78.0 cm³/mol. The standard InChI is InChI=1S/C16H24N2O/c1-18-12-9-15(10-13-18)16(19)17-11-5-8-14-6-3-2-4-7-14/h2-4,6-7,15H,5,8-13H2,1H3,(H,17,19). The molecule has 104 valence electrons. The van der Waals surface area contributed by atoms with Crippen molar-refractivity contribution in [1.29, 1.82) is 0 Å². The normalized spacial score (nSPS) is 17.3. The van der Waals surface area contributed by atoms with E-state index in [9.17, 15) is 4.79 Å². The van der Waals surface area contributed by atoms with Gasteiger partial charge < -0.3 is 10.2 Å². The number of piperidine rings is 1. The van der Waals surface area contributed by atoms with Gasteiger partial charge in [-0.1, -0.05) is 30.3 Å². The Morgan fingerprint density at radius 1 is 1.26 bits per heavy atom. The Morgan fingerprint density at radius 3 is 2.63 bits per heavy atom. The highest BCUT2D eigenvalue weighted by Crippen LogP contribution is 2.15. The zero-order chi connectivity index (χ0) is 13.5. The van der Waals surface area contributed by atoms with E-state index in [2.05, 4.69) is 41.5 Å². The van der Waals surface area contributed by atoms with Crippen molar-refractivity contribution in [3.63, 3.8) is 0 Å². The first kappa shape index (κ1) is 14.1. The molecule has 0 aromatic heterocycles. The molecule has 19 heavy (non-hydrogen) atoms. The third-order valence-electron chi connectivity index (χ3n) is 3.87. The fourth-order valence-corrected chi connectivity index (χ4v) is 2.56. The number of carbonyl (C=O) groups excluding carboxylic acids is 1. The van der Waals surface area contributed by atoms with Crippen LogP contribution in [0.3, 0.4) is 0 Å². The summed E-state index contributed by atoms with van der Waals surface area (Å²) in [4.78, 5) is 14.3. The van der Waals surface area contributed by atoms with Gasteiger partial charge in [-0.3, -0.25) is 4.79 Å². The Morgan fingerprint density at radius 2 is 1.95 bits per heavy atom. The van der Waals surface area contributed by atoms with Gasteiger partial charge in [0, 0.05) is 12.5 Å². The molecule has 1 aromatic rings. The van der Waals surface area contributed by atoms with Crippen molar-refractivity contribution in [2.75, 3.05) is 26.7 Å². The van der Waals surface area contributed by atoms with Gasteiger partial charge in [-0.15, -0.1) is 0 Å². The van der Waals surface area contributed by atoms with Gasteiger partial charge in [0.15, 0.2) is 0 Å². The average Bonchev–Trinajstić information content (AvgIpc) is 2.45. The Kier molecular flexibility index (Phi) is 5.40. The van der Waals surface area contributed by atoms with Crippen LogP contribution in [0.5, 0.6) is 0 Å². The van der Waals surface area contributed by atoms with E-state index in [1.54, 1.807) is 0 Å². The third-order valence-corrected chi connectivity index (χ3v) is 3.87. The fraction of sp³-hybridized carbons (Fsp3) is 0.562. The molecule has 1 heterocycles. The predicted octanol–water partition coefficient (Wildman–Crippen LogP) is 2.08. The van der Waals surface area contributed by atoms with Crippen molar-refractivity contribution < 1.29 is 4.79 Å². The maximum atomic E-state index is 12.0. The van der Waals surface area contributed by atoms with Crippen LogP contribution >= 0.6 is 0 Å². The number of aryl methyl sites for hydroxylation is 1. The molecule has 1 aliphatic rings. The molecule has 1 aromatic carbocycles. The minimum absolute atomic E-state index is 0.230. The molecular formula is C16H24N2O. The van der Waals surface area contributed by atoms with Crippen molar-refractivity contribution in [2.45, 2.75) is 25.7 Å². The van der Waals surface area contributed by atoms with Crippen molar-refractivity contribution in [1.82, 2.24) is 10.2 Å². The molecular weight excluding hydrogens is 236 g/mol. The number of nitrogens with one attached hydrogen (secondary N) is 1. The molecule has 0 atom stereocenters. The molecule has 1 saturated heterocycles. The molecule has 3 heteroatoms. The van der Waals surface area contributed by atoms with Gasteiger partial charge >= 0.3 is 0 Å². The highest BCUT2D eigenvalue weighted by molar-refractivity contribution is 5.78. The largest absolute Gasteiger partial charge is 0.356 e. The second-order valence-corrected chi connectivity index (χ2v) is 5.46. The maximum Gasteiger partial charge on any atom is 0.223 e. The first-order valence-corrected chi connectivity index (χ1v) is 7.26. The number of nitrogens with zero attached hydrogens (tertiary/aromatic N) is 1. The molecule has 1 amide bonds. The molecule has 3 nitrogen and oxygen atoms in total. The summed E-state index contributed by atoms with van der Waals surface area (Å²) in [5, 5.41) is 3.08. The van der Waals surface area contributed by atoms with E-state index in [0.717, 1.165) is 45.3 Å². The summed E-state index contributed by atoms with van der Waals surface area (Å²) in [6.45, 7) is 2.88. The molecule has 2 rings (SSSR count). The topological polar surface area (TPSA) is 32.3 Å². The summed E-state index contributed by atoms with van der Waals surface area (Å²) in [6, 6.07) is 10.4. The Bertz CT molecular complexity index is 383. The van der Waals surface area contributed by atoms with Gasteiger partial charge in [0.2, 0.25) is 5.91 Å². The zero-order valence-electron chi connectivity index (χ0n) is 11.8. The molecule has 1 N–H and O–H groups in total. The maximum absolute atomic E-state index is 12.0. The number of amides is 1. The second-order valence-electron chi connectivity index (χ2n) is 5.46. The number of rotatable bonds is 5. The minimum Gasteiger partial charge on any atom is -0.356 e. The van der Waals surface area contributed by atoms with E-state index in [-0.39, 0.29) is 11.8 Å². The fourth-order valence-electron chi connectivity index (χ4n) is 2.56. The van der Waals surface area contributed by atoms with Crippen LogP contribution in [0.1, 0.15) is 24.8 Å². The summed E-state index contributed by atoms with van der Waals surface area (Å²) in [5.41, 5.74) is 1.34. The lowest BCUT2D eigenvalue weighted by Gasteiger charge is -2.28. The van der Waals surface area contributed by atoms with Crippen molar-refractivity contribution in [3.05, 3.63) is 35.9 Å². The molecule has 0 spiro atoms. The smallest absolute Gasteiger partial charge is 0.223 e. The van der Waals surface area contributed by atoms with Crippen LogP contribution in [0, 0.1) is 5.92 Å². The quantitative estimate of drug-likeness (QED) is 0.822. The van der Waals surface area contributed by atoms with Crippen LogP contribution in [-0.4, -0.2) is 37.5 Å². The molecule has 0 aliphatic carbocycles. The van der Waals surface area contributed by atoms with E-state index in [1.165, 1.54) is 5.56 Å². The van der Waals surface area contributed by atoms with E-state index in [0.29, 0.717) is 0 Å². The van der Waals surface area contributed by atoms with Gasteiger partial charge in [-0.2, -0.15) is 0 Å². The highest BCUT2D eigenvalue weighted by Gasteiger charge is 2.22. The summed E-state index contributed by atoms with van der Waals surface area (Å²) >= 11 is 0. The summed E-state index contributed by atoms with van der Waals surface area (Å²) in [7, 11) is 2.12. The van der Waals surface area contributed by atoms with Crippen LogP contribution in [0.15, 0.2) is 30.3 Å². The highest BCUT2D eigenvalue weighted by atomic mass is 16.1. The Labute approximate surface area is 116 Å². The summed E-state index contributed by atoms with van der Waals surface area (Å²) in [6.07, 6.45) is 4.05. The number of carbonyl (C=O) groups is 1. The monoisotopic (exact) mass is 260 g/mol. The summed E-state index contributed by atoms with van der Waals surface area (Å²) < 4.78 is 0. The first-order valence-electron chi connectivity index (χ1n) is 7.26. The van der Waals surface area contributed by atoms with Crippen LogP contribution in [-0.2, 0) is 11.2 Å². The number of likely N-dealkylation sites (tertiary alicyclic amines) is 1. The molecule has 0 radical (unpaired) electrons. The molecule has 1 aliphatic heterocycles. The number of hydrogen-bond donors (Lipinski definition) is 1. The van der Waals surface area contributed by atoms with Gasteiger partial charge in [0.1, 0.15) is 0 Å². The lowest BCUT2D eigenvalue weighted by atomic mass is 9.96. The molecule has 0 saturated carbocycles. The van der Waals surface area contributed by atoms with Gasteiger partial charge in [0.05, 0.1) is 0 Å². The van der Waals surface area contributed by atoms with Gasteiger partial charge in [0.25, 0.3) is 0 Å². The van der Waals surface area contributed by atoms with E-state index in [4.69, 9.17) is 0 Å². The first-order chi connectivity index (χ1) is 9.25. The third kappa shape index (κ3) is 4.67. The van der Waals surface area contributed by atoms with Crippen LogP contribution in [0.2, 0.25) is 0 Å². The van der Waals surface area contributed by atoms with Gasteiger partial charge in [-0.25, -0.2) is 0 Å². The van der Waals surface area contributed by atoms with Crippen LogP contribution in [0.4, 0.5) is 0 Å². The SMILES string of the molecule is CN1CCC(C(=O)NCCCc2ccccc2)CC1. The lowest BCUT2D eigenvalue weighted by Crippen LogP contribution is -2.39. The van der Waals surface area contributed by atoms with Crippen molar-refractivity contribution >= 4 is 5.91 Å². The van der Waals surface area contributed by atoms with E-state index < -0.39 is 0 Å². The van der Waals surface area contributed by atoms with Crippen LogP contribution in [0.25, 0.3) is 0 Å². The van der Waals surface area contributed by atoms with E-state index in [1.807, 2.05) is 6.07 Å². The number of hydrogen-bond acceptors (Lipinski definition) is 2.